The first kappa shape index (κ1) is 34.7. The lowest BCUT2D eigenvalue weighted by molar-refractivity contribution is -0.148. The molecule has 1 aromatic carbocycles. The molecule has 4 aliphatic rings. The van der Waals surface area contributed by atoms with Gasteiger partial charge in [0.2, 0.25) is 11.8 Å². The minimum Gasteiger partial charge on any atom is -0.493 e. The third-order valence-electron chi connectivity index (χ3n) is 10.1. The van der Waals surface area contributed by atoms with Crippen LogP contribution in [0.15, 0.2) is 36.4 Å². The maximum Gasteiger partial charge on any atom is 0.247 e. The number of methoxy groups -OCH3 is 1. The molecule has 4 aliphatic carbocycles. The molecule has 0 spiro atoms. The van der Waals surface area contributed by atoms with Gasteiger partial charge in [0.15, 0.2) is 11.5 Å². The predicted octanol–water partition coefficient (Wildman–Crippen LogP) is 4.35. The van der Waals surface area contributed by atoms with E-state index in [1.165, 1.54) is 13.5 Å². The fourth-order valence-electron chi connectivity index (χ4n) is 7.46. The molecular weight excluding hydrogens is 675 g/mol. The van der Waals surface area contributed by atoms with Crippen molar-refractivity contribution in [2.75, 3.05) is 26.8 Å². The Morgan fingerprint density at radius 2 is 2.00 bits per heavy atom. The van der Waals surface area contributed by atoms with E-state index >= 15 is 0 Å². The summed E-state index contributed by atoms with van der Waals surface area (Å²) in [5.41, 5.74) is 1.29. The number of rotatable bonds is 15. The summed E-state index contributed by atoms with van der Waals surface area (Å²) in [6.45, 7) is 8.72. The highest BCUT2D eigenvalue weighted by Crippen LogP contribution is 2.61. The normalized spacial score (nSPS) is 27.0. The third kappa shape index (κ3) is 7.62. The zero-order chi connectivity index (χ0) is 32.0. The topological polar surface area (TPSA) is 129 Å². The van der Waals surface area contributed by atoms with E-state index in [-0.39, 0.29) is 43.4 Å². The quantitative estimate of drug-likeness (QED) is 0.120. The summed E-state index contributed by atoms with van der Waals surface area (Å²) >= 11 is 2.10. The molecule has 0 aliphatic heterocycles. The maximum absolute atomic E-state index is 14.0. The second-order valence-corrected chi connectivity index (χ2v) is 14.2. The smallest absolute Gasteiger partial charge is 0.247 e. The number of halogens is 1. The number of ether oxygens (including phenoxy) is 2. The summed E-state index contributed by atoms with van der Waals surface area (Å²) in [7, 11) is 1.51. The summed E-state index contributed by atoms with van der Waals surface area (Å²) in [6, 6.07) is 2.78. The Morgan fingerprint density at radius 3 is 2.64 bits per heavy atom. The zero-order valence-electron chi connectivity index (χ0n) is 26.3. The van der Waals surface area contributed by atoms with Gasteiger partial charge in [0.25, 0.3) is 0 Å². The third-order valence-corrected chi connectivity index (χ3v) is 10.9. The van der Waals surface area contributed by atoms with Crippen LogP contribution in [0.1, 0.15) is 70.8 Å². The van der Waals surface area contributed by atoms with Gasteiger partial charge >= 0.3 is 0 Å². The van der Waals surface area contributed by atoms with Gasteiger partial charge in [0.1, 0.15) is 12.2 Å². The molecule has 3 fully saturated rings. The van der Waals surface area contributed by atoms with Crippen LogP contribution in [0.2, 0.25) is 0 Å². The van der Waals surface area contributed by atoms with Gasteiger partial charge in [-0.05, 0) is 108 Å². The fraction of sp³-hybridized carbons (Fsp3) is 0.647. The maximum atomic E-state index is 14.0. The number of carbonyl (C=O) groups is 2. The number of benzene rings is 1. The lowest BCUT2D eigenvalue weighted by Gasteiger charge is -2.61. The number of aliphatic hydroxyl groups excluding tert-OH is 3. The second kappa shape index (κ2) is 15.4. The van der Waals surface area contributed by atoms with Gasteiger partial charge in [-0.2, -0.15) is 0 Å². The first-order valence-corrected chi connectivity index (χ1v) is 17.0. The first-order valence-electron chi connectivity index (χ1n) is 15.9. The average molecular weight is 725 g/mol. The molecule has 1 aromatic rings. The molecule has 10 heteroatoms. The summed E-state index contributed by atoms with van der Waals surface area (Å²) in [5, 5.41) is 33.7. The molecule has 0 radical (unpaired) electrons. The summed E-state index contributed by atoms with van der Waals surface area (Å²) in [5.74, 6) is 1.97. The number of allylic oxidation sites excluding steroid dienone is 1. The van der Waals surface area contributed by atoms with Crippen molar-refractivity contribution in [1.29, 1.82) is 0 Å². The van der Waals surface area contributed by atoms with Gasteiger partial charge in [-0.25, -0.2) is 0 Å². The summed E-state index contributed by atoms with van der Waals surface area (Å²) in [4.78, 5) is 29.1. The molecule has 5 rings (SSSR count). The summed E-state index contributed by atoms with van der Waals surface area (Å²) < 4.78 is 12.7. The molecule has 2 amide bonds. The van der Waals surface area contributed by atoms with Crippen LogP contribution < -0.4 is 14.8 Å². The number of hydrogen-bond acceptors (Lipinski definition) is 7. The van der Waals surface area contributed by atoms with Crippen molar-refractivity contribution in [1.82, 2.24) is 10.2 Å². The van der Waals surface area contributed by atoms with Crippen molar-refractivity contribution >= 4 is 34.4 Å². The highest BCUT2D eigenvalue weighted by Gasteiger charge is 2.55. The van der Waals surface area contributed by atoms with Crippen LogP contribution in [-0.2, 0) is 16.2 Å². The zero-order valence-corrected chi connectivity index (χ0v) is 28.4. The highest BCUT2D eigenvalue weighted by molar-refractivity contribution is 14.1. The van der Waals surface area contributed by atoms with Gasteiger partial charge in [-0.15, -0.1) is 6.58 Å². The van der Waals surface area contributed by atoms with Gasteiger partial charge < -0.3 is 35.0 Å². The van der Waals surface area contributed by atoms with E-state index in [0.29, 0.717) is 51.0 Å². The Morgan fingerprint density at radius 1 is 1.23 bits per heavy atom. The van der Waals surface area contributed by atoms with Crippen molar-refractivity contribution in [2.24, 2.45) is 23.2 Å². The van der Waals surface area contributed by atoms with E-state index in [2.05, 4.69) is 48.3 Å². The number of carbonyl (C=O) groups excluding carboxylic acids is 2. The standard InChI is InChI=1S/C34H49IN2O7/c1-5-6-7-8-9-30(40)37(19-22-10-11-24-18-25(22)34(24,2)3)27-16-23(33(42)36-12-13-38)17-28(31(27)41)44-32-26(35)14-21(20-39)15-29(32)43-4/h5,14-15,17,22,24-25,27-28,31,38-39,41H,1,6-13,16,18-20H2,2-4H3,(H,36,42). The number of nitrogens with zero attached hydrogens (tertiary/aromatic N) is 1. The van der Waals surface area contributed by atoms with Crippen LogP contribution in [0, 0.1) is 26.7 Å². The Labute approximate surface area is 275 Å². The van der Waals surface area contributed by atoms with Crippen molar-refractivity contribution in [3.63, 3.8) is 0 Å². The van der Waals surface area contributed by atoms with Crippen LogP contribution >= 0.6 is 22.6 Å². The fourth-order valence-corrected chi connectivity index (χ4v) is 8.25. The number of amides is 2. The predicted molar refractivity (Wildman–Crippen MR) is 177 cm³/mol. The van der Waals surface area contributed by atoms with Crippen LogP contribution in [0.5, 0.6) is 11.5 Å². The number of unbranched alkanes of at least 4 members (excludes halogenated alkanes) is 2. The van der Waals surface area contributed by atoms with Crippen LogP contribution in [-0.4, -0.2) is 77.1 Å². The molecule has 4 N–H and O–H groups in total. The second-order valence-electron chi connectivity index (χ2n) is 13.1. The van der Waals surface area contributed by atoms with E-state index in [1.54, 1.807) is 18.2 Å². The number of fused-ring (bicyclic) bond motifs is 2. The van der Waals surface area contributed by atoms with Crippen molar-refractivity contribution in [3.05, 3.63) is 45.6 Å². The number of hydrogen-bond donors (Lipinski definition) is 4. The van der Waals surface area contributed by atoms with Crippen LogP contribution in [0.4, 0.5) is 0 Å². The first-order chi connectivity index (χ1) is 21.0. The Kier molecular flexibility index (Phi) is 12.2. The van der Waals surface area contributed by atoms with Gasteiger partial charge in [0.05, 0.1) is 29.9 Å². The van der Waals surface area contributed by atoms with E-state index in [9.17, 15) is 24.9 Å². The van der Waals surface area contributed by atoms with E-state index in [0.717, 1.165) is 38.0 Å². The Balaban J connectivity index is 1.67. The minimum absolute atomic E-state index is 0.0207. The molecular formula is C34H49IN2O7. The lowest BCUT2D eigenvalue weighted by Crippen LogP contribution is -2.59. The van der Waals surface area contributed by atoms with Crippen molar-refractivity contribution in [2.45, 2.75) is 90.1 Å². The average Bonchev–Trinajstić information content (AvgIpc) is 3.02. The number of aliphatic hydroxyl groups is 3. The molecule has 0 heterocycles. The highest BCUT2D eigenvalue weighted by atomic mass is 127. The Bertz CT molecular complexity index is 1220. The van der Waals surface area contributed by atoms with Crippen molar-refractivity contribution < 1.29 is 34.4 Å². The van der Waals surface area contributed by atoms with E-state index < -0.39 is 18.2 Å². The number of nitrogens with one attached hydrogen (secondary N) is 1. The van der Waals surface area contributed by atoms with E-state index in [1.807, 2.05) is 11.0 Å². The van der Waals surface area contributed by atoms with Gasteiger partial charge in [-0.1, -0.05) is 19.9 Å². The molecule has 6 unspecified atom stereocenters. The molecule has 244 valence electrons. The molecule has 0 aromatic heterocycles. The molecule has 6 atom stereocenters. The van der Waals surface area contributed by atoms with Gasteiger partial charge in [0, 0.05) is 31.5 Å². The largest absolute Gasteiger partial charge is 0.493 e. The monoisotopic (exact) mass is 724 g/mol. The molecule has 0 saturated heterocycles. The van der Waals surface area contributed by atoms with Crippen LogP contribution in [0.3, 0.4) is 0 Å². The molecule has 3 saturated carbocycles. The van der Waals surface area contributed by atoms with E-state index in [4.69, 9.17) is 9.47 Å². The van der Waals surface area contributed by atoms with Crippen LogP contribution in [0.25, 0.3) is 0 Å². The SMILES string of the molecule is C=CCCCCC(=O)N(CC1CCC2CC1C2(C)C)C1CC(C(=O)NCCO)=CC(Oc2c(I)cc(CO)cc2OC)C1O. The molecule has 2 bridgehead atoms. The summed E-state index contributed by atoms with van der Waals surface area (Å²) in [6.07, 6.45) is 7.75. The molecule has 9 nitrogen and oxygen atoms in total. The minimum atomic E-state index is -1.11. The lowest BCUT2D eigenvalue weighted by atomic mass is 9.45. The van der Waals surface area contributed by atoms with Crippen molar-refractivity contribution in [3.8, 4) is 11.5 Å². The Hall–Kier alpha value is -2.15. The van der Waals surface area contributed by atoms with Gasteiger partial charge in [-0.3, -0.25) is 9.59 Å². The molecule has 44 heavy (non-hydrogen) atoms.